The summed E-state index contributed by atoms with van der Waals surface area (Å²) in [6, 6.07) is 8.26. The molecule has 3 rings (SSSR count). The minimum Gasteiger partial charge on any atom is -0.352 e. The summed E-state index contributed by atoms with van der Waals surface area (Å²) < 4.78 is 0. The van der Waals surface area contributed by atoms with E-state index < -0.39 is 0 Å². The fourth-order valence-electron chi connectivity index (χ4n) is 4.32. The van der Waals surface area contributed by atoms with Crippen LogP contribution < -0.4 is 16.4 Å². The van der Waals surface area contributed by atoms with E-state index in [1.54, 1.807) is 0 Å². The molecule has 2 fully saturated rings. The molecule has 4 N–H and O–H groups in total. The van der Waals surface area contributed by atoms with Crippen LogP contribution in [0.15, 0.2) is 24.3 Å². The lowest BCUT2D eigenvalue weighted by Gasteiger charge is -2.45. The Kier molecular flexibility index (Phi) is 6.59. The highest BCUT2D eigenvalue weighted by Gasteiger charge is 2.39. The number of carbonyl (C=O) groups is 2. The zero-order valence-electron chi connectivity index (χ0n) is 15.4. The van der Waals surface area contributed by atoms with Gasteiger partial charge in [-0.3, -0.25) is 9.59 Å². The Morgan fingerprint density at radius 1 is 1.08 bits per heavy atom. The third kappa shape index (κ3) is 5.24. The van der Waals surface area contributed by atoms with Gasteiger partial charge in [-0.05, 0) is 56.6 Å². The number of anilines is 1. The Morgan fingerprint density at radius 3 is 2.35 bits per heavy atom. The molecule has 0 aromatic heterocycles. The van der Waals surface area contributed by atoms with Gasteiger partial charge in [-0.2, -0.15) is 0 Å². The molecule has 6 heteroatoms. The Hall–Kier alpha value is -1.53. The van der Waals surface area contributed by atoms with Crippen LogP contribution in [0.1, 0.15) is 37.7 Å². The summed E-state index contributed by atoms with van der Waals surface area (Å²) in [5, 5.41) is 6.08. The third-order valence-corrected chi connectivity index (χ3v) is 6.44. The summed E-state index contributed by atoms with van der Waals surface area (Å²) in [6.07, 6.45) is 5.63. The number of fused-ring (bicyclic) bond motifs is 2. The zero-order chi connectivity index (χ0) is 18.5. The number of hydrogen-bond donors (Lipinski definition) is 3. The molecule has 2 unspecified atom stereocenters. The molecule has 0 heterocycles. The van der Waals surface area contributed by atoms with Crippen LogP contribution in [0.25, 0.3) is 0 Å². The van der Waals surface area contributed by atoms with E-state index in [2.05, 4.69) is 10.6 Å². The number of hydrogen-bond acceptors (Lipinski definition) is 4. The van der Waals surface area contributed by atoms with Gasteiger partial charge in [0, 0.05) is 17.8 Å². The molecule has 0 radical (unpaired) electrons. The average Bonchev–Trinajstić information content (AvgIpc) is 2.58. The zero-order valence-corrected chi connectivity index (χ0v) is 16.2. The number of nitrogens with one attached hydrogen (secondary N) is 2. The molecule has 1 aromatic rings. The lowest BCUT2D eigenvalue weighted by Crippen LogP contribution is -2.54. The maximum atomic E-state index is 12.3. The number of carbonyl (C=O) groups excluding carboxylic acids is 2. The van der Waals surface area contributed by atoms with Gasteiger partial charge in [0.25, 0.3) is 0 Å². The van der Waals surface area contributed by atoms with Gasteiger partial charge < -0.3 is 16.4 Å². The van der Waals surface area contributed by atoms with Crippen molar-refractivity contribution in [2.45, 2.75) is 51.1 Å². The average molecular weight is 376 g/mol. The maximum Gasteiger partial charge on any atom is 0.234 e. The van der Waals surface area contributed by atoms with Gasteiger partial charge in [-0.15, -0.1) is 11.8 Å². The number of amides is 2. The SMILES string of the molecule is Cc1ccc(NC(=O)CSCC(=O)NC2C3CCCC2CC(N)C3)cc1. The molecular weight excluding hydrogens is 346 g/mol. The van der Waals surface area contributed by atoms with Gasteiger partial charge in [0.15, 0.2) is 0 Å². The standard InChI is InChI=1S/C20H29N3O2S/c1-13-5-7-17(8-6-13)22-18(24)11-26-12-19(25)23-20-14-3-2-4-15(20)10-16(21)9-14/h5-8,14-16,20H,2-4,9-12,21H2,1H3,(H,22,24)(H,23,25). The topological polar surface area (TPSA) is 84.2 Å². The van der Waals surface area contributed by atoms with Crippen molar-refractivity contribution < 1.29 is 9.59 Å². The number of rotatable bonds is 6. The Bertz CT molecular complexity index is 620. The molecule has 0 spiro atoms. The smallest absolute Gasteiger partial charge is 0.234 e. The lowest BCUT2D eigenvalue weighted by atomic mass is 9.67. The van der Waals surface area contributed by atoms with Crippen LogP contribution in [-0.4, -0.2) is 35.4 Å². The Balaban J connectivity index is 1.39. The van der Waals surface area contributed by atoms with Gasteiger partial charge in [0.05, 0.1) is 11.5 Å². The number of nitrogens with two attached hydrogens (primary N) is 1. The molecule has 2 saturated carbocycles. The summed E-state index contributed by atoms with van der Waals surface area (Å²) in [4.78, 5) is 24.3. The molecule has 2 aliphatic carbocycles. The molecular formula is C20H29N3O2S. The van der Waals surface area contributed by atoms with Crippen LogP contribution in [0.5, 0.6) is 0 Å². The van der Waals surface area contributed by atoms with Crippen LogP contribution in [0, 0.1) is 18.8 Å². The Labute approximate surface area is 159 Å². The lowest BCUT2D eigenvalue weighted by molar-refractivity contribution is -0.120. The summed E-state index contributed by atoms with van der Waals surface area (Å²) in [5.74, 6) is 1.61. The van der Waals surface area contributed by atoms with Gasteiger partial charge in [-0.25, -0.2) is 0 Å². The summed E-state index contributed by atoms with van der Waals surface area (Å²) in [5.41, 5.74) is 8.09. The number of thioether (sulfide) groups is 1. The van der Waals surface area contributed by atoms with Crippen molar-refractivity contribution in [3.05, 3.63) is 29.8 Å². The third-order valence-electron chi connectivity index (χ3n) is 5.51. The van der Waals surface area contributed by atoms with Crippen molar-refractivity contribution in [2.24, 2.45) is 17.6 Å². The van der Waals surface area contributed by atoms with Crippen LogP contribution in [0.2, 0.25) is 0 Å². The monoisotopic (exact) mass is 375 g/mol. The van der Waals surface area contributed by atoms with Crippen molar-refractivity contribution >= 4 is 29.3 Å². The van der Waals surface area contributed by atoms with Gasteiger partial charge in [-0.1, -0.05) is 24.1 Å². The first kappa shape index (κ1) is 19.2. The second-order valence-corrected chi connectivity index (χ2v) is 8.67. The highest BCUT2D eigenvalue weighted by Crippen LogP contribution is 2.39. The van der Waals surface area contributed by atoms with Crippen LogP contribution in [0.3, 0.4) is 0 Å². The molecule has 26 heavy (non-hydrogen) atoms. The second kappa shape index (κ2) is 8.91. The van der Waals surface area contributed by atoms with Gasteiger partial charge in [0.2, 0.25) is 11.8 Å². The molecule has 2 aliphatic rings. The van der Waals surface area contributed by atoms with Crippen LogP contribution in [0.4, 0.5) is 5.69 Å². The first-order valence-corrected chi connectivity index (χ1v) is 10.7. The van der Waals surface area contributed by atoms with Crippen molar-refractivity contribution in [2.75, 3.05) is 16.8 Å². The van der Waals surface area contributed by atoms with E-state index in [4.69, 9.17) is 5.73 Å². The van der Waals surface area contributed by atoms with E-state index in [1.165, 1.54) is 31.0 Å². The Morgan fingerprint density at radius 2 is 1.69 bits per heavy atom. The van der Waals surface area contributed by atoms with Crippen LogP contribution >= 0.6 is 11.8 Å². The fourth-order valence-corrected chi connectivity index (χ4v) is 4.95. The van der Waals surface area contributed by atoms with E-state index >= 15 is 0 Å². The van der Waals surface area contributed by atoms with Crippen molar-refractivity contribution in [3.63, 3.8) is 0 Å². The minimum absolute atomic E-state index is 0.0375. The van der Waals surface area contributed by atoms with Crippen molar-refractivity contribution in [3.8, 4) is 0 Å². The van der Waals surface area contributed by atoms with Crippen molar-refractivity contribution in [1.29, 1.82) is 0 Å². The highest BCUT2D eigenvalue weighted by molar-refractivity contribution is 8.00. The molecule has 142 valence electrons. The quantitative estimate of drug-likeness (QED) is 0.714. The van der Waals surface area contributed by atoms with E-state index in [0.717, 1.165) is 24.1 Å². The molecule has 2 amide bonds. The molecule has 5 nitrogen and oxygen atoms in total. The number of aryl methyl sites for hydroxylation is 1. The fraction of sp³-hybridized carbons (Fsp3) is 0.600. The van der Waals surface area contributed by atoms with Gasteiger partial charge in [0.1, 0.15) is 0 Å². The second-order valence-electron chi connectivity index (χ2n) is 7.68. The predicted molar refractivity (Wildman–Crippen MR) is 107 cm³/mol. The summed E-state index contributed by atoms with van der Waals surface area (Å²) in [7, 11) is 0. The first-order chi connectivity index (χ1) is 12.5. The maximum absolute atomic E-state index is 12.3. The van der Waals surface area contributed by atoms with E-state index in [1.807, 2.05) is 31.2 Å². The summed E-state index contributed by atoms with van der Waals surface area (Å²) in [6.45, 7) is 2.01. The molecule has 2 bridgehead atoms. The van der Waals surface area contributed by atoms with Crippen molar-refractivity contribution in [1.82, 2.24) is 5.32 Å². The predicted octanol–water partition coefficient (Wildman–Crippen LogP) is 2.69. The first-order valence-electron chi connectivity index (χ1n) is 9.50. The highest BCUT2D eigenvalue weighted by atomic mass is 32.2. The molecule has 1 aromatic carbocycles. The van der Waals surface area contributed by atoms with Gasteiger partial charge >= 0.3 is 0 Å². The van der Waals surface area contributed by atoms with E-state index in [0.29, 0.717) is 23.6 Å². The molecule has 0 aliphatic heterocycles. The molecule has 2 atom stereocenters. The normalized spacial score (nSPS) is 27.6. The van der Waals surface area contributed by atoms with E-state index in [-0.39, 0.29) is 23.6 Å². The minimum atomic E-state index is -0.0767. The van der Waals surface area contributed by atoms with Crippen LogP contribution in [-0.2, 0) is 9.59 Å². The van der Waals surface area contributed by atoms with E-state index in [9.17, 15) is 9.59 Å². The molecule has 0 saturated heterocycles. The number of benzene rings is 1. The largest absolute Gasteiger partial charge is 0.352 e. The summed E-state index contributed by atoms with van der Waals surface area (Å²) >= 11 is 1.36.